The molecule has 11 heteroatoms. The van der Waals surface area contributed by atoms with E-state index >= 15 is 0 Å². The van der Waals surface area contributed by atoms with Crippen molar-refractivity contribution in [3.8, 4) is 17.2 Å². The van der Waals surface area contributed by atoms with Crippen LogP contribution in [0.15, 0.2) is 41.6 Å². The maximum Gasteiger partial charge on any atom is 0.491 e. The topological polar surface area (TPSA) is 106 Å². The molecule has 2 rings (SSSR count). The van der Waals surface area contributed by atoms with Crippen molar-refractivity contribution in [2.24, 2.45) is 0 Å². The first-order valence-corrected chi connectivity index (χ1v) is 7.46. The third-order valence-electron chi connectivity index (χ3n) is 3.32. The zero-order valence-electron chi connectivity index (χ0n) is 13.6. The van der Waals surface area contributed by atoms with Gasteiger partial charge in [-0.05, 0) is 16.7 Å². The number of nitrogens with zero attached hydrogens (tertiary/aromatic N) is 4. The van der Waals surface area contributed by atoms with Crippen LogP contribution in [0.1, 0.15) is 6.42 Å². The number of nitriles is 1. The number of pyridine rings is 1. The van der Waals surface area contributed by atoms with Gasteiger partial charge in [-0.1, -0.05) is 4.68 Å². The number of aromatic nitrogens is 3. The van der Waals surface area contributed by atoms with Gasteiger partial charge in [-0.3, -0.25) is 9.59 Å². The molecule has 0 saturated heterocycles. The Labute approximate surface area is 150 Å². The highest BCUT2D eigenvalue weighted by Gasteiger charge is 2.42. The van der Waals surface area contributed by atoms with Gasteiger partial charge in [-0.25, -0.2) is 4.79 Å². The molecule has 0 spiro atoms. The van der Waals surface area contributed by atoms with E-state index in [2.05, 4.69) is 9.84 Å². The molecular weight excluding hydrogens is 369 g/mol. The van der Waals surface area contributed by atoms with Gasteiger partial charge >= 0.3 is 18.1 Å². The lowest BCUT2D eigenvalue weighted by Crippen LogP contribution is -2.39. The molecule has 2 heterocycles. The Hall–Kier alpha value is -3.55. The first-order valence-electron chi connectivity index (χ1n) is 7.46. The van der Waals surface area contributed by atoms with Crippen molar-refractivity contribution in [1.82, 2.24) is 9.67 Å². The zero-order valence-corrected chi connectivity index (χ0v) is 13.6. The fourth-order valence-corrected chi connectivity index (χ4v) is 2.00. The number of hydrogen-bond acceptors (Lipinski definition) is 6. The van der Waals surface area contributed by atoms with E-state index in [-0.39, 0.29) is 18.6 Å². The molecule has 0 N–H and O–H groups in total. The normalized spacial score (nSPS) is 10.9. The first-order chi connectivity index (χ1) is 12.7. The SMILES string of the molecule is N#CCn1ccc(-c2cc[n+](CCC(=O)OC(=O)C(F)(F)F)nc2)cc1=O. The number of carbonyl (C=O) groups excluding carboxylic acids is 2. The Morgan fingerprint density at radius 3 is 2.59 bits per heavy atom. The quantitative estimate of drug-likeness (QED) is 0.430. The van der Waals surface area contributed by atoms with Crippen LogP contribution in [0.5, 0.6) is 0 Å². The Balaban J connectivity index is 1.99. The summed E-state index contributed by atoms with van der Waals surface area (Å²) in [5, 5.41) is 12.6. The summed E-state index contributed by atoms with van der Waals surface area (Å²) in [7, 11) is 0. The number of alkyl halides is 3. The fourth-order valence-electron chi connectivity index (χ4n) is 2.00. The van der Waals surface area contributed by atoms with Crippen molar-refractivity contribution in [2.45, 2.75) is 25.7 Å². The monoisotopic (exact) mass is 381 g/mol. The van der Waals surface area contributed by atoms with E-state index in [0.29, 0.717) is 11.1 Å². The molecule has 0 aliphatic rings. The average Bonchev–Trinajstić information content (AvgIpc) is 2.61. The van der Waals surface area contributed by atoms with Crippen LogP contribution in [-0.2, 0) is 27.4 Å². The van der Waals surface area contributed by atoms with Crippen LogP contribution in [0.3, 0.4) is 0 Å². The molecule has 0 amide bonds. The van der Waals surface area contributed by atoms with Crippen LogP contribution >= 0.6 is 0 Å². The van der Waals surface area contributed by atoms with Gasteiger partial charge in [-0.2, -0.15) is 18.4 Å². The van der Waals surface area contributed by atoms with Gasteiger partial charge in [0.2, 0.25) is 0 Å². The highest BCUT2D eigenvalue weighted by Crippen LogP contribution is 2.17. The van der Waals surface area contributed by atoms with E-state index < -0.39 is 24.5 Å². The van der Waals surface area contributed by atoms with Gasteiger partial charge in [0.1, 0.15) is 19.2 Å². The van der Waals surface area contributed by atoms with Crippen LogP contribution in [0.2, 0.25) is 0 Å². The molecule has 0 unspecified atom stereocenters. The molecule has 0 saturated carbocycles. The summed E-state index contributed by atoms with van der Waals surface area (Å²) in [5.74, 6) is -3.89. The molecule has 0 aromatic carbocycles. The Bertz CT molecular complexity index is 946. The highest BCUT2D eigenvalue weighted by atomic mass is 19.4. The molecule has 2 aromatic heterocycles. The number of esters is 2. The summed E-state index contributed by atoms with van der Waals surface area (Å²) in [4.78, 5) is 33.6. The minimum absolute atomic E-state index is 0.0703. The number of hydrogen-bond donors (Lipinski definition) is 0. The predicted molar refractivity (Wildman–Crippen MR) is 81.5 cm³/mol. The molecular formula is C16H12F3N4O4+. The summed E-state index contributed by atoms with van der Waals surface area (Å²) in [6.45, 7) is -0.174. The van der Waals surface area contributed by atoms with Crippen molar-refractivity contribution >= 4 is 11.9 Å². The largest absolute Gasteiger partial charge is 0.491 e. The average molecular weight is 381 g/mol. The van der Waals surface area contributed by atoms with Crippen LogP contribution in [0.4, 0.5) is 13.2 Å². The van der Waals surface area contributed by atoms with E-state index in [1.807, 2.05) is 6.07 Å². The minimum Gasteiger partial charge on any atom is -0.386 e. The van der Waals surface area contributed by atoms with Crippen molar-refractivity contribution < 1.29 is 32.2 Å². The minimum atomic E-state index is -5.23. The summed E-state index contributed by atoms with van der Waals surface area (Å²) >= 11 is 0. The Morgan fingerprint density at radius 1 is 1.30 bits per heavy atom. The zero-order chi connectivity index (χ0) is 20.0. The van der Waals surface area contributed by atoms with E-state index in [4.69, 9.17) is 5.26 Å². The van der Waals surface area contributed by atoms with Crippen molar-refractivity contribution in [2.75, 3.05) is 0 Å². The van der Waals surface area contributed by atoms with Gasteiger partial charge in [0.15, 0.2) is 12.7 Å². The van der Waals surface area contributed by atoms with E-state index in [0.717, 1.165) is 0 Å². The molecule has 0 radical (unpaired) electrons. The number of ether oxygens (including phenoxy) is 1. The van der Waals surface area contributed by atoms with Crippen molar-refractivity contribution in [1.29, 1.82) is 5.26 Å². The van der Waals surface area contributed by atoms with Gasteiger partial charge in [0, 0.05) is 23.9 Å². The summed E-state index contributed by atoms with van der Waals surface area (Å²) in [5.41, 5.74) is 0.786. The second kappa shape index (κ2) is 8.22. The van der Waals surface area contributed by atoms with Gasteiger partial charge < -0.3 is 9.30 Å². The van der Waals surface area contributed by atoms with Gasteiger partial charge in [0.25, 0.3) is 5.56 Å². The summed E-state index contributed by atoms with van der Waals surface area (Å²) in [6.07, 6.45) is -1.40. The van der Waals surface area contributed by atoms with Crippen LogP contribution in [0.25, 0.3) is 11.1 Å². The standard InChI is InChI=1S/C16H12F3N4O4/c17-16(18,19)15(26)27-14(25)3-7-23-6-2-12(10-21-23)11-1-5-22(8-4-20)13(24)9-11/h1-2,5-6,9-10H,3,7-8H2/q+1. The lowest BCUT2D eigenvalue weighted by molar-refractivity contribution is -0.752. The Morgan fingerprint density at radius 2 is 2.04 bits per heavy atom. The van der Waals surface area contributed by atoms with Crippen LogP contribution in [-0.4, -0.2) is 27.8 Å². The fraction of sp³-hybridized carbons (Fsp3) is 0.250. The molecule has 8 nitrogen and oxygen atoms in total. The predicted octanol–water partition coefficient (Wildman–Crippen LogP) is 0.744. The lowest BCUT2D eigenvalue weighted by atomic mass is 10.1. The first kappa shape index (κ1) is 19.8. The third-order valence-corrected chi connectivity index (χ3v) is 3.32. The van der Waals surface area contributed by atoms with Gasteiger partial charge in [-0.15, -0.1) is 0 Å². The molecule has 0 aliphatic heterocycles. The Kier molecular flexibility index (Phi) is 6.02. The summed E-state index contributed by atoms with van der Waals surface area (Å²) in [6, 6.07) is 6.40. The second-order valence-electron chi connectivity index (χ2n) is 5.23. The molecule has 2 aromatic rings. The van der Waals surface area contributed by atoms with Crippen molar-refractivity contribution in [3.05, 3.63) is 47.1 Å². The lowest BCUT2D eigenvalue weighted by Gasteiger charge is -2.04. The van der Waals surface area contributed by atoms with Gasteiger partial charge in [0.05, 0.1) is 6.07 Å². The number of halogens is 3. The molecule has 27 heavy (non-hydrogen) atoms. The van der Waals surface area contributed by atoms with Crippen molar-refractivity contribution in [3.63, 3.8) is 0 Å². The van der Waals surface area contributed by atoms with Crippen LogP contribution in [0, 0.1) is 11.3 Å². The van der Waals surface area contributed by atoms with Crippen LogP contribution < -0.4 is 10.2 Å². The molecule has 0 bridgehead atoms. The maximum atomic E-state index is 12.0. The number of aryl methyl sites for hydroxylation is 1. The smallest absolute Gasteiger partial charge is 0.386 e. The maximum absolute atomic E-state index is 12.0. The number of carbonyl (C=O) groups is 2. The highest BCUT2D eigenvalue weighted by molar-refractivity contribution is 5.88. The third kappa shape index (κ3) is 5.46. The summed E-state index contributed by atoms with van der Waals surface area (Å²) < 4.78 is 42.1. The molecule has 0 aliphatic carbocycles. The number of rotatable bonds is 5. The molecule has 0 atom stereocenters. The van der Waals surface area contributed by atoms with E-state index in [1.165, 1.54) is 33.9 Å². The second-order valence-corrected chi connectivity index (χ2v) is 5.23. The molecule has 0 fully saturated rings. The molecule has 140 valence electrons. The van der Waals surface area contributed by atoms with E-state index in [1.54, 1.807) is 12.1 Å². The van der Waals surface area contributed by atoms with E-state index in [9.17, 15) is 27.6 Å².